The van der Waals surface area contributed by atoms with Crippen LogP contribution in [0.2, 0.25) is 0 Å². The van der Waals surface area contributed by atoms with Crippen LogP contribution in [0.1, 0.15) is 46.6 Å². The van der Waals surface area contributed by atoms with E-state index in [2.05, 4.69) is 79.0 Å². The predicted molar refractivity (Wildman–Crippen MR) is 163 cm³/mol. The second-order valence-electron chi connectivity index (χ2n) is 11.8. The zero-order valence-corrected chi connectivity index (χ0v) is 24.7. The number of nitrogens with zero attached hydrogens (tertiary/aromatic N) is 5. The summed E-state index contributed by atoms with van der Waals surface area (Å²) in [4.78, 5) is 19.4. The standard InChI is InChI=1S/C31H43N7O2/c1-8-9-27(34-21(2)17-32-7)38-26-16-30(4,5)40-20-31(26,6)25-18-33-29(36-28(25)38)35-23-10-12-24(13-11-23)37-14-15-39-19-22(37)3/h8-13,18,22,26,32H,2,14-17,19-20H2,1,3-7H3,(H,33,35,36)/b9-8-,34-27?/t22-,26-,31-/m1/s1. The molecule has 9 heteroatoms. The molecule has 5 rings (SSSR count). The molecule has 2 saturated heterocycles. The number of allylic oxidation sites excluding steroid dienone is 1. The van der Waals surface area contributed by atoms with Gasteiger partial charge in [-0.2, -0.15) is 4.98 Å². The molecule has 214 valence electrons. The van der Waals surface area contributed by atoms with Crippen LogP contribution in [-0.4, -0.2) is 73.4 Å². The number of hydrogen-bond donors (Lipinski definition) is 2. The number of aliphatic imine (C=N–C) groups is 1. The Hall–Kier alpha value is -3.27. The number of ether oxygens (including phenoxy) is 2. The molecule has 3 atom stereocenters. The second kappa shape index (κ2) is 11.3. The highest BCUT2D eigenvalue weighted by Gasteiger charge is 2.55. The molecule has 0 amide bonds. The van der Waals surface area contributed by atoms with Crippen LogP contribution < -0.4 is 20.4 Å². The van der Waals surface area contributed by atoms with Gasteiger partial charge < -0.3 is 29.9 Å². The summed E-state index contributed by atoms with van der Waals surface area (Å²) >= 11 is 0. The van der Waals surface area contributed by atoms with Gasteiger partial charge in [-0.25, -0.2) is 9.98 Å². The van der Waals surface area contributed by atoms with Crippen LogP contribution in [0, 0.1) is 0 Å². The lowest BCUT2D eigenvalue weighted by atomic mass is 9.73. The van der Waals surface area contributed by atoms with Crippen LogP contribution in [0.5, 0.6) is 0 Å². The molecule has 0 bridgehead atoms. The maximum atomic E-state index is 6.35. The third-order valence-electron chi connectivity index (χ3n) is 8.15. The normalized spacial score (nSPS) is 26.1. The fourth-order valence-corrected chi connectivity index (χ4v) is 5.96. The number of amidine groups is 1. The first kappa shape index (κ1) is 28.3. The molecule has 40 heavy (non-hydrogen) atoms. The second-order valence-corrected chi connectivity index (χ2v) is 11.8. The van der Waals surface area contributed by atoms with Crippen LogP contribution in [0.15, 0.2) is 59.9 Å². The highest BCUT2D eigenvalue weighted by Crippen LogP contribution is 2.51. The minimum absolute atomic E-state index is 0.114. The van der Waals surface area contributed by atoms with Crippen molar-refractivity contribution >= 4 is 29.0 Å². The molecule has 2 N–H and O–H groups in total. The average Bonchev–Trinajstić information content (AvgIpc) is 3.16. The molecule has 0 saturated carbocycles. The quantitative estimate of drug-likeness (QED) is 0.379. The zero-order chi connectivity index (χ0) is 28.5. The Balaban J connectivity index is 1.49. The molecule has 0 unspecified atom stereocenters. The van der Waals surface area contributed by atoms with E-state index in [1.807, 2.05) is 32.3 Å². The summed E-state index contributed by atoms with van der Waals surface area (Å²) in [5.41, 5.74) is 3.43. The van der Waals surface area contributed by atoms with Gasteiger partial charge in [0.15, 0.2) is 0 Å². The maximum absolute atomic E-state index is 6.35. The highest BCUT2D eigenvalue weighted by atomic mass is 16.5. The van der Waals surface area contributed by atoms with Crippen LogP contribution in [0.25, 0.3) is 0 Å². The van der Waals surface area contributed by atoms with Crippen LogP contribution in [0.3, 0.4) is 0 Å². The van der Waals surface area contributed by atoms with E-state index < -0.39 is 0 Å². The summed E-state index contributed by atoms with van der Waals surface area (Å²) in [5.74, 6) is 2.23. The van der Waals surface area contributed by atoms with Crippen LogP contribution in [-0.2, 0) is 14.9 Å². The SMILES string of the molecule is C=C(CNC)N=C(/C=C\C)N1c2nc(Nc3ccc(N4CCOC[C@H]4C)cc3)ncc2[C@@]2(C)COC(C)(C)C[C@@H]12. The molecule has 4 heterocycles. The van der Waals surface area contributed by atoms with Gasteiger partial charge in [-0.15, -0.1) is 0 Å². The van der Waals surface area contributed by atoms with Gasteiger partial charge in [-0.3, -0.25) is 0 Å². The van der Waals surface area contributed by atoms with Crippen molar-refractivity contribution in [1.29, 1.82) is 0 Å². The highest BCUT2D eigenvalue weighted by molar-refractivity contribution is 6.08. The van der Waals surface area contributed by atoms with E-state index in [0.717, 1.165) is 54.8 Å². The van der Waals surface area contributed by atoms with Gasteiger partial charge in [0.05, 0.1) is 31.5 Å². The van der Waals surface area contributed by atoms with Crippen molar-refractivity contribution in [2.45, 2.75) is 64.1 Å². The van der Waals surface area contributed by atoms with E-state index in [-0.39, 0.29) is 17.1 Å². The Morgan fingerprint density at radius 1 is 1.25 bits per heavy atom. The first-order chi connectivity index (χ1) is 19.1. The molecule has 0 spiro atoms. The third-order valence-corrected chi connectivity index (χ3v) is 8.15. The minimum Gasteiger partial charge on any atom is -0.377 e. The van der Waals surface area contributed by atoms with Gasteiger partial charge in [0, 0.05) is 53.4 Å². The van der Waals surface area contributed by atoms with Gasteiger partial charge >= 0.3 is 0 Å². The van der Waals surface area contributed by atoms with Gasteiger partial charge in [-0.05, 0) is 71.5 Å². The molecule has 3 aliphatic heterocycles. The number of hydrogen-bond acceptors (Lipinski definition) is 8. The van der Waals surface area contributed by atoms with E-state index in [1.54, 1.807) is 0 Å². The monoisotopic (exact) mass is 545 g/mol. The summed E-state index contributed by atoms with van der Waals surface area (Å²) in [6, 6.07) is 8.92. The van der Waals surface area contributed by atoms with Crippen molar-refractivity contribution in [3.05, 3.63) is 60.5 Å². The molecule has 2 fully saturated rings. The maximum Gasteiger partial charge on any atom is 0.229 e. The fraction of sp³-hybridized carbons (Fsp3) is 0.516. The molecule has 2 aromatic rings. The number of benzene rings is 1. The number of nitrogens with one attached hydrogen (secondary N) is 2. The summed E-state index contributed by atoms with van der Waals surface area (Å²) < 4.78 is 11.9. The number of morpholine rings is 1. The molecular weight excluding hydrogens is 502 g/mol. The Morgan fingerprint density at radius 3 is 2.73 bits per heavy atom. The summed E-state index contributed by atoms with van der Waals surface area (Å²) in [6.45, 7) is 18.5. The first-order valence-corrected chi connectivity index (χ1v) is 14.2. The van der Waals surface area contributed by atoms with Crippen molar-refractivity contribution in [3.63, 3.8) is 0 Å². The molecular formula is C31H43N7O2. The molecule has 3 aliphatic rings. The summed E-state index contributed by atoms with van der Waals surface area (Å²) in [5, 5.41) is 6.58. The van der Waals surface area contributed by atoms with E-state index in [4.69, 9.17) is 24.4 Å². The minimum atomic E-state index is -0.271. The van der Waals surface area contributed by atoms with Crippen molar-refractivity contribution in [1.82, 2.24) is 15.3 Å². The van der Waals surface area contributed by atoms with Crippen molar-refractivity contribution in [2.75, 3.05) is 55.1 Å². The van der Waals surface area contributed by atoms with E-state index in [9.17, 15) is 0 Å². The van der Waals surface area contributed by atoms with Gasteiger partial charge in [0.1, 0.15) is 11.7 Å². The average molecular weight is 546 g/mol. The summed E-state index contributed by atoms with van der Waals surface area (Å²) in [7, 11) is 1.90. The fourth-order valence-electron chi connectivity index (χ4n) is 5.96. The Bertz CT molecular complexity index is 1290. The Kier molecular flexibility index (Phi) is 7.99. The number of rotatable bonds is 7. The summed E-state index contributed by atoms with van der Waals surface area (Å²) in [6.07, 6.45) is 6.85. The molecule has 1 aromatic heterocycles. The van der Waals surface area contributed by atoms with Crippen molar-refractivity contribution in [2.24, 2.45) is 4.99 Å². The van der Waals surface area contributed by atoms with E-state index in [1.165, 1.54) is 5.69 Å². The Morgan fingerprint density at radius 2 is 2.02 bits per heavy atom. The lowest BCUT2D eigenvalue weighted by molar-refractivity contribution is -0.0889. The van der Waals surface area contributed by atoms with Crippen LogP contribution >= 0.6 is 0 Å². The van der Waals surface area contributed by atoms with Gasteiger partial charge in [-0.1, -0.05) is 19.6 Å². The number of likely N-dealkylation sites (N-methyl/N-ethyl adjacent to an activating group) is 1. The lowest BCUT2D eigenvalue weighted by Crippen LogP contribution is -2.56. The number of anilines is 4. The van der Waals surface area contributed by atoms with Gasteiger partial charge in [0.2, 0.25) is 5.95 Å². The van der Waals surface area contributed by atoms with E-state index >= 15 is 0 Å². The third kappa shape index (κ3) is 5.50. The number of fused-ring (bicyclic) bond motifs is 3. The predicted octanol–water partition coefficient (Wildman–Crippen LogP) is 4.80. The lowest BCUT2D eigenvalue weighted by Gasteiger charge is -2.46. The largest absolute Gasteiger partial charge is 0.377 e. The first-order valence-electron chi connectivity index (χ1n) is 14.2. The zero-order valence-electron chi connectivity index (χ0n) is 24.7. The molecule has 1 aromatic carbocycles. The molecule has 0 aliphatic carbocycles. The van der Waals surface area contributed by atoms with Crippen molar-refractivity contribution in [3.8, 4) is 0 Å². The molecule has 0 radical (unpaired) electrons. The topological polar surface area (TPSA) is 87.1 Å². The Labute approximate surface area is 238 Å². The van der Waals surface area contributed by atoms with Gasteiger partial charge in [0.25, 0.3) is 0 Å². The molecule has 9 nitrogen and oxygen atoms in total. The van der Waals surface area contributed by atoms with Crippen molar-refractivity contribution < 1.29 is 9.47 Å². The smallest absolute Gasteiger partial charge is 0.229 e. The number of aromatic nitrogens is 2. The van der Waals surface area contributed by atoms with E-state index in [0.29, 0.717) is 25.1 Å². The van der Waals surface area contributed by atoms with Crippen LogP contribution in [0.4, 0.5) is 23.1 Å².